The van der Waals surface area contributed by atoms with Gasteiger partial charge in [0.2, 0.25) is 0 Å². The number of ether oxygens (including phenoxy) is 1. The Kier molecular flexibility index (Phi) is 3.85. The van der Waals surface area contributed by atoms with E-state index in [1.165, 1.54) is 18.2 Å². The number of halogens is 1. The number of carboxylic acids is 1. The molecule has 1 heterocycles. The van der Waals surface area contributed by atoms with Gasteiger partial charge >= 0.3 is 5.97 Å². The Morgan fingerprint density at radius 1 is 1.32 bits per heavy atom. The van der Waals surface area contributed by atoms with Crippen LogP contribution >= 0.6 is 11.3 Å². The minimum atomic E-state index is -0.964. The van der Waals surface area contributed by atoms with Gasteiger partial charge in [0.15, 0.2) is 0 Å². The number of thiophene rings is 1. The molecule has 1 aromatic heterocycles. The van der Waals surface area contributed by atoms with E-state index in [1.807, 2.05) is 13.8 Å². The Morgan fingerprint density at radius 2 is 1.95 bits per heavy atom. The van der Waals surface area contributed by atoms with Crippen molar-refractivity contribution in [2.24, 2.45) is 0 Å². The summed E-state index contributed by atoms with van der Waals surface area (Å²) in [5, 5.41) is 10.5. The fourth-order valence-corrected chi connectivity index (χ4v) is 2.49. The third kappa shape index (κ3) is 3.12. The molecule has 0 spiro atoms. The van der Waals surface area contributed by atoms with Crippen LogP contribution in [0.4, 0.5) is 4.39 Å². The van der Waals surface area contributed by atoms with Crippen molar-refractivity contribution in [1.82, 2.24) is 0 Å². The summed E-state index contributed by atoms with van der Waals surface area (Å²) in [4.78, 5) is 11.0. The lowest BCUT2D eigenvalue weighted by atomic mass is 10.0. The number of aryl methyl sites for hydroxylation is 2. The van der Waals surface area contributed by atoms with E-state index in [1.54, 1.807) is 5.38 Å². The predicted octanol–water partition coefficient (Wildman–Crippen LogP) is 3.78. The highest BCUT2D eigenvalue weighted by atomic mass is 32.1. The maximum atomic E-state index is 13.2. The van der Waals surface area contributed by atoms with Crippen molar-refractivity contribution in [3.63, 3.8) is 0 Å². The zero-order chi connectivity index (χ0) is 14.0. The molecular formula is C14H13FO3S. The van der Waals surface area contributed by atoms with Crippen LogP contribution in [0.3, 0.4) is 0 Å². The second-order valence-electron chi connectivity index (χ2n) is 4.26. The van der Waals surface area contributed by atoms with E-state index >= 15 is 0 Å². The molecule has 3 nitrogen and oxygen atoms in total. The molecule has 2 rings (SSSR count). The van der Waals surface area contributed by atoms with Gasteiger partial charge < -0.3 is 9.84 Å². The van der Waals surface area contributed by atoms with Crippen molar-refractivity contribution in [3.8, 4) is 5.75 Å². The molecule has 1 aromatic carbocycles. The first-order valence-electron chi connectivity index (χ1n) is 5.67. The number of carboxylic acid groups (broad SMARTS) is 1. The summed E-state index contributed by atoms with van der Waals surface area (Å²) in [5.41, 5.74) is 2.57. The molecule has 0 atom stereocenters. The lowest BCUT2D eigenvalue weighted by Gasteiger charge is -2.10. The third-order valence-electron chi connectivity index (χ3n) is 2.83. The minimum absolute atomic E-state index is 0.238. The summed E-state index contributed by atoms with van der Waals surface area (Å²) in [6.07, 6.45) is 0. The molecule has 0 aliphatic carbocycles. The second-order valence-corrected chi connectivity index (χ2v) is 5.17. The number of benzene rings is 1. The largest absolute Gasteiger partial charge is 0.488 e. The summed E-state index contributed by atoms with van der Waals surface area (Å²) < 4.78 is 18.7. The molecule has 2 aromatic rings. The average molecular weight is 280 g/mol. The fraction of sp³-hybridized carbons (Fsp3) is 0.214. The summed E-state index contributed by atoms with van der Waals surface area (Å²) >= 11 is 1.12. The highest BCUT2D eigenvalue weighted by Crippen LogP contribution is 2.24. The van der Waals surface area contributed by atoms with Gasteiger partial charge in [-0.2, -0.15) is 0 Å². The number of aromatic carboxylic acids is 1. The lowest BCUT2D eigenvalue weighted by Crippen LogP contribution is -2.01. The van der Waals surface area contributed by atoms with Crippen LogP contribution in [0.15, 0.2) is 23.6 Å². The molecule has 0 unspecified atom stereocenters. The maximum Gasteiger partial charge on any atom is 0.346 e. The lowest BCUT2D eigenvalue weighted by molar-refractivity contribution is 0.0702. The summed E-state index contributed by atoms with van der Waals surface area (Å²) in [6, 6.07) is 4.41. The molecule has 0 saturated carbocycles. The molecule has 0 amide bonds. The summed E-state index contributed by atoms with van der Waals surface area (Å²) in [5.74, 6) is -0.707. The molecule has 0 fully saturated rings. The normalized spacial score (nSPS) is 10.5. The van der Waals surface area contributed by atoms with Gasteiger partial charge in [-0.3, -0.25) is 0 Å². The number of hydrogen-bond donors (Lipinski definition) is 1. The van der Waals surface area contributed by atoms with Crippen LogP contribution in [-0.4, -0.2) is 11.1 Å². The Bertz CT molecular complexity index is 596. The molecule has 5 heteroatoms. The Balaban J connectivity index is 2.12. The van der Waals surface area contributed by atoms with Gasteiger partial charge in [-0.05, 0) is 42.7 Å². The van der Waals surface area contributed by atoms with Crippen LogP contribution in [0.2, 0.25) is 0 Å². The Morgan fingerprint density at radius 3 is 2.47 bits per heavy atom. The molecule has 100 valence electrons. The molecule has 0 aliphatic heterocycles. The molecular weight excluding hydrogens is 267 g/mol. The van der Waals surface area contributed by atoms with E-state index in [2.05, 4.69) is 0 Å². The molecule has 0 radical (unpaired) electrons. The smallest absolute Gasteiger partial charge is 0.346 e. The van der Waals surface area contributed by atoms with Crippen molar-refractivity contribution in [3.05, 3.63) is 51.0 Å². The summed E-state index contributed by atoms with van der Waals surface area (Å²) in [6.45, 7) is 3.95. The topological polar surface area (TPSA) is 46.5 Å². The SMILES string of the molecule is Cc1cc(F)cc(C)c1COc1csc(C(=O)O)c1. The van der Waals surface area contributed by atoms with Gasteiger partial charge in [-0.15, -0.1) is 11.3 Å². The van der Waals surface area contributed by atoms with Crippen molar-refractivity contribution in [2.75, 3.05) is 0 Å². The average Bonchev–Trinajstić information content (AvgIpc) is 2.76. The summed E-state index contributed by atoms with van der Waals surface area (Å²) in [7, 11) is 0. The van der Waals surface area contributed by atoms with Gasteiger partial charge in [0.05, 0.1) is 0 Å². The predicted molar refractivity (Wildman–Crippen MR) is 71.5 cm³/mol. The van der Waals surface area contributed by atoms with Gasteiger partial charge in [-0.25, -0.2) is 9.18 Å². The van der Waals surface area contributed by atoms with Crippen LogP contribution in [0.5, 0.6) is 5.75 Å². The molecule has 19 heavy (non-hydrogen) atoms. The number of carbonyl (C=O) groups is 1. The quantitative estimate of drug-likeness (QED) is 0.927. The second kappa shape index (κ2) is 5.40. The first kappa shape index (κ1) is 13.5. The van der Waals surface area contributed by atoms with Crippen LogP contribution in [0.1, 0.15) is 26.4 Å². The van der Waals surface area contributed by atoms with Crippen molar-refractivity contribution >= 4 is 17.3 Å². The van der Waals surface area contributed by atoms with E-state index in [0.29, 0.717) is 12.4 Å². The van der Waals surface area contributed by atoms with E-state index in [0.717, 1.165) is 28.0 Å². The maximum absolute atomic E-state index is 13.2. The van der Waals surface area contributed by atoms with Gasteiger partial charge in [0.25, 0.3) is 0 Å². The highest BCUT2D eigenvalue weighted by Gasteiger charge is 2.10. The Labute approximate surface area is 114 Å². The van der Waals surface area contributed by atoms with Crippen molar-refractivity contribution < 1.29 is 19.0 Å². The molecule has 0 saturated heterocycles. The van der Waals surface area contributed by atoms with Gasteiger partial charge in [-0.1, -0.05) is 0 Å². The first-order chi connectivity index (χ1) is 8.97. The monoisotopic (exact) mass is 280 g/mol. The zero-order valence-corrected chi connectivity index (χ0v) is 11.4. The number of hydrogen-bond acceptors (Lipinski definition) is 3. The van der Waals surface area contributed by atoms with Crippen molar-refractivity contribution in [2.45, 2.75) is 20.5 Å². The zero-order valence-electron chi connectivity index (χ0n) is 10.6. The third-order valence-corrected chi connectivity index (χ3v) is 3.73. The van der Waals surface area contributed by atoms with Crippen LogP contribution in [-0.2, 0) is 6.61 Å². The van der Waals surface area contributed by atoms with Crippen LogP contribution in [0, 0.1) is 19.7 Å². The fourth-order valence-electron chi connectivity index (χ4n) is 1.83. The van der Waals surface area contributed by atoms with Crippen LogP contribution < -0.4 is 4.74 Å². The van der Waals surface area contributed by atoms with E-state index in [9.17, 15) is 9.18 Å². The van der Waals surface area contributed by atoms with E-state index in [4.69, 9.17) is 9.84 Å². The Hall–Kier alpha value is -1.88. The van der Waals surface area contributed by atoms with Crippen molar-refractivity contribution in [1.29, 1.82) is 0 Å². The van der Waals surface area contributed by atoms with Crippen LogP contribution in [0.25, 0.3) is 0 Å². The van der Waals surface area contributed by atoms with Gasteiger partial charge in [0, 0.05) is 11.4 Å². The van der Waals surface area contributed by atoms with E-state index in [-0.39, 0.29) is 10.7 Å². The molecule has 0 aliphatic rings. The standard InChI is InChI=1S/C14H13FO3S/c1-8-3-10(15)4-9(2)12(8)6-18-11-5-13(14(16)17)19-7-11/h3-5,7H,6H2,1-2H3,(H,16,17). The minimum Gasteiger partial charge on any atom is -0.488 e. The molecule has 1 N–H and O–H groups in total. The first-order valence-corrected chi connectivity index (χ1v) is 6.55. The van der Waals surface area contributed by atoms with Gasteiger partial charge in [0.1, 0.15) is 23.1 Å². The number of rotatable bonds is 4. The molecule has 0 bridgehead atoms. The van der Waals surface area contributed by atoms with E-state index < -0.39 is 5.97 Å². The highest BCUT2D eigenvalue weighted by molar-refractivity contribution is 7.12.